The normalized spacial score (nSPS) is 14.6. The molecule has 0 atom stereocenters. The highest BCUT2D eigenvalue weighted by Crippen LogP contribution is 2.24. The summed E-state index contributed by atoms with van der Waals surface area (Å²) in [4.78, 5) is 15.9. The second kappa shape index (κ2) is 6.17. The molecular weight excluding hydrogens is 300 g/mol. The zero-order valence-corrected chi connectivity index (χ0v) is 14.0. The summed E-state index contributed by atoms with van der Waals surface area (Å²) in [6, 6.07) is 10.0. The number of rotatable bonds is 3. The van der Waals surface area contributed by atoms with Gasteiger partial charge in [-0.3, -0.25) is 4.90 Å². The quantitative estimate of drug-likeness (QED) is 0.741. The highest BCUT2D eigenvalue weighted by molar-refractivity contribution is 5.53. The lowest BCUT2D eigenvalue weighted by atomic mass is 10.1. The fourth-order valence-corrected chi connectivity index (χ4v) is 3.10. The fraction of sp³-hybridized carbons (Fsp3) is 0.316. The number of aryl methyl sites for hydroxylation is 2. The van der Waals surface area contributed by atoms with E-state index in [4.69, 9.17) is 9.40 Å². The summed E-state index contributed by atoms with van der Waals surface area (Å²) in [6.07, 6.45) is 2.91. The summed E-state index contributed by atoms with van der Waals surface area (Å²) in [7, 11) is 0. The first kappa shape index (κ1) is 15.0. The molecule has 3 aromatic rings. The van der Waals surface area contributed by atoms with Crippen molar-refractivity contribution in [3.05, 3.63) is 65.1 Å². The number of hydrogen-bond acceptors (Lipinski definition) is 5. The third kappa shape index (κ3) is 2.95. The lowest BCUT2D eigenvalue weighted by Crippen LogP contribution is -2.31. The average Bonchev–Trinajstić information content (AvgIpc) is 2.97. The van der Waals surface area contributed by atoms with E-state index in [9.17, 15) is 0 Å². The standard InChI is InChI=1S/C19H20N4O/c1-13-18(22-19(24-13)15-6-4-3-5-7-15)12-23-9-8-17-16(11-23)10-20-14(2)21-17/h3-7,10H,8-9,11-12H2,1-2H3. The largest absolute Gasteiger partial charge is 0.441 e. The highest BCUT2D eigenvalue weighted by Gasteiger charge is 2.20. The van der Waals surface area contributed by atoms with Crippen LogP contribution in [0.3, 0.4) is 0 Å². The Bertz CT molecular complexity index is 857. The molecule has 0 radical (unpaired) electrons. The van der Waals surface area contributed by atoms with Crippen LogP contribution in [0.25, 0.3) is 11.5 Å². The molecule has 4 rings (SSSR count). The van der Waals surface area contributed by atoms with E-state index >= 15 is 0 Å². The number of fused-ring (bicyclic) bond motifs is 1. The average molecular weight is 320 g/mol. The van der Waals surface area contributed by atoms with Crippen LogP contribution in [-0.2, 0) is 19.5 Å². The van der Waals surface area contributed by atoms with Crippen LogP contribution in [0.4, 0.5) is 0 Å². The van der Waals surface area contributed by atoms with E-state index in [0.29, 0.717) is 5.89 Å². The van der Waals surface area contributed by atoms with Gasteiger partial charge in [-0.15, -0.1) is 0 Å². The molecule has 0 spiro atoms. The van der Waals surface area contributed by atoms with Crippen molar-refractivity contribution in [1.29, 1.82) is 0 Å². The Kier molecular flexibility index (Phi) is 3.86. The van der Waals surface area contributed by atoms with Crippen molar-refractivity contribution in [3.63, 3.8) is 0 Å². The van der Waals surface area contributed by atoms with Gasteiger partial charge in [0.05, 0.1) is 5.69 Å². The monoisotopic (exact) mass is 320 g/mol. The molecular formula is C19H20N4O. The van der Waals surface area contributed by atoms with Gasteiger partial charge in [-0.1, -0.05) is 18.2 Å². The van der Waals surface area contributed by atoms with Crippen molar-refractivity contribution in [2.45, 2.75) is 33.4 Å². The predicted octanol–water partition coefficient (Wildman–Crippen LogP) is 3.31. The second-order valence-electron chi connectivity index (χ2n) is 6.24. The Morgan fingerprint density at radius 3 is 2.79 bits per heavy atom. The molecule has 0 amide bonds. The molecule has 0 aliphatic carbocycles. The lowest BCUT2D eigenvalue weighted by Gasteiger charge is -2.27. The minimum atomic E-state index is 0.694. The van der Waals surface area contributed by atoms with Gasteiger partial charge in [0.25, 0.3) is 0 Å². The Hall–Kier alpha value is -2.53. The van der Waals surface area contributed by atoms with E-state index in [-0.39, 0.29) is 0 Å². The molecule has 1 aromatic carbocycles. The van der Waals surface area contributed by atoms with E-state index < -0.39 is 0 Å². The Morgan fingerprint density at radius 1 is 1.12 bits per heavy atom. The number of oxazole rings is 1. The van der Waals surface area contributed by atoms with Crippen LogP contribution >= 0.6 is 0 Å². The van der Waals surface area contributed by atoms with E-state index in [2.05, 4.69) is 14.9 Å². The van der Waals surface area contributed by atoms with E-state index in [0.717, 1.165) is 48.9 Å². The van der Waals surface area contributed by atoms with Crippen molar-refractivity contribution in [2.24, 2.45) is 0 Å². The van der Waals surface area contributed by atoms with Gasteiger partial charge in [-0.2, -0.15) is 0 Å². The van der Waals surface area contributed by atoms with Gasteiger partial charge in [0.15, 0.2) is 0 Å². The molecule has 24 heavy (non-hydrogen) atoms. The van der Waals surface area contributed by atoms with Crippen LogP contribution in [0.1, 0.15) is 28.5 Å². The highest BCUT2D eigenvalue weighted by atomic mass is 16.4. The van der Waals surface area contributed by atoms with Gasteiger partial charge < -0.3 is 4.42 Å². The smallest absolute Gasteiger partial charge is 0.226 e. The number of hydrogen-bond donors (Lipinski definition) is 0. The van der Waals surface area contributed by atoms with Crippen LogP contribution in [-0.4, -0.2) is 26.4 Å². The topological polar surface area (TPSA) is 55.1 Å². The second-order valence-corrected chi connectivity index (χ2v) is 6.24. The predicted molar refractivity (Wildman–Crippen MR) is 91.3 cm³/mol. The van der Waals surface area contributed by atoms with Crippen LogP contribution in [0.2, 0.25) is 0 Å². The molecule has 0 N–H and O–H groups in total. The van der Waals surface area contributed by atoms with Gasteiger partial charge in [0.1, 0.15) is 11.6 Å². The van der Waals surface area contributed by atoms with E-state index in [1.165, 1.54) is 11.3 Å². The van der Waals surface area contributed by atoms with Gasteiger partial charge in [-0.25, -0.2) is 15.0 Å². The van der Waals surface area contributed by atoms with Crippen molar-refractivity contribution in [2.75, 3.05) is 6.54 Å². The van der Waals surface area contributed by atoms with Crippen molar-refractivity contribution in [3.8, 4) is 11.5 Å². The van der Waals surface area contributed by atoms with Crippen LogP contribution < -0.4 is 0 Å². The zero-order chi connectivity index (χ0) is 16.5. The van der Waals surface area contributed by atoms with Crippen LogP contribution in [0, 0.1) is 13.8 Å². The first-order valence-electron chi connectivity index (χ1n) is 8.24. The van der Waals surface area contributed by atoms with Crippen molar-refractivity contribution >= 4 is 0 Å². The number of nitrogens with zero attached hydrogens (tertiary/aromatic N) is 4. The third-order valence-corrected chi connectivity index (χ3v) is 4.42. The van der Waals surface area contributed by atoms with E-state index in [1.54, 1.807) is 0 Å². The summed E-state index contributed by atoms with van der Waals surface area (Å²) in [5.74, 6) is 2.43. The molecule has 0 saturated carbocycles. The Labute approximate surface area is 141 Å². The van der Waals surface area contributed by atoms with Gasteiger partial charge in [0, 0.05) is 49.1 Å². The van der Waals surface area contributed by atoms with Gasteiger partial charge in [0.2, 0.25) is 5.89 Å². The minimum absolute atomic E-state index is 0.694. The minimum Gasteiger partial charge on any atom is -0.441 e. The molecule has 2 aromatic heterocycles. The molecule has 0 saturated heterocycles. The molecule has 1 aliphatic heterocycles. The first-order valence-corrected chi connectivity index (χ1v) is 8.24. The van der Waals surface area contributed by atoms with Crippen molar-refractivity contribution < 1.29 is 4.42 Å². The molecule has 122 valence electrons. The van der Waals surface area contributed by atoms with Crippen LogP contribution in [0.15, 0.2) is 40.9 Å². The van der Waals surface area contributed by atoms with Gasteiger partial charge in [-0.05, 0) is 26.0 Å². The molecule has 5 nitrogen and oxygen atoms in total. The maximum absolute atomic E-state index is 5.86. The summed E-state index contributed by atoms with van der Waals surface area (Å²) in [5.41, 5.74) is 4.42. The molecule has 3 heterocycles. The first-order chi connectivity index (χ1) is 11.7. The number of benzene rings is 1. The lowest BCUT2D eigenvalue weighted by molar-refractivity contribution is 0.239. The maximum atomic E-state index is 5.86. The fourth-order valence-electron chi connectivity index (χ4n) is 3.10. The Balaban J connectivity index is 1.52. The molecule has 0 fully saturated rings. The zero-order valence-electron chi connectivity index (χ0n) is 14.0. The Morgan fingerprint density at radius 2 is 1.96 bits per heavy atom. The third-order valence-electron chi connectivity index (χ3n) is 4.42. The molecule has 5 heteroatoms. The molecule has 0 bridgehead atoms. The number of aromatic nitrogens is 3. The van der Waals surface area contributed by atoms with Crippen molar-refractivity contribution in [1.82, 2.24) is 19.9 Å². The molecule has 1 aliphatic rings. The van der Waals surface area contributed by atoms with Gasteiger partial charge >= 0.3 is 0 Å². The summed E-state index contributed by atoms with van der Waals surface area (Å²) >= 11 is 0. The summed E-state index contributed by atoms with van der Waals surface area (Å²) in [5, 5.41) is 0. The van der Waals surface area contributed by atoms with Crippen LogP contribution in [0.5, 0.6) is 0 Å². The van der Waals surface area contributed by atoms with E-state index in [1.807, 2.05) is 50.4 Å². The summed E-state index contributed by atoms with van der Waals surface area (Å²) in [6.45, 7) is 6.56. The SMILES string of the molecule is Cc1ncc2c(n1)CCN(Cc1nc(-c3ccccc3)oc1C)C2. The molecule has 0 unspecified atom stereocenters. The maximum Gasteiger partial charge on any atom is 0.226 e. The summed E-state index contributed by atoms with van der Waals surface area (Å²) < 4.78 is 5.86.